The molecule has 1 rings (SSSR count). The lowest BCUT2D eigenvalue weighted by atomic mass is 9.90. The van der Waals surface area contributed by atoms with Crippen molar-refractivity contribution >= 4 is 5.97 Å². The molecule has 76 valence electrons. The molecular formula is C12H16O2. The van der Waals surface area contributed by atoms with E-state index in [9.17, 15) is 4.79 Å². The lowest BCUT2D eigenvalue weighted by Crippen LogP contribution is -2.13. The fraction of sp³-hybridized carbons (Fsp3) is 0.417. The Morgan fingerprint density at radius 3 is 2.29 bits per heavy atom. The molecular weight excluding hydrogens is 176 g/mol. The Labute approximate surface area is 84.6 Å². The van der Waals surface area contributed by atoms with Crippen LogP contribution >= 0.6 is 0 Å². The summed E-state index contributed by atoms with van der Waals surface area (Å²) < 4.78 is 0. The Bertz CT molecular complexity index is 290. The number of benzene rings is 1. The van der Waals surface area contributed by atoms with Crippen LogP contribution in [0.4, 0.5) is 0 Å². The highest BCUT2D eigenvalue weighted by atomic mass is 16.4. The highest BCUT2D eigenvalue weighted by molar-refractivity contribution is 5.76. The maximum Gasteiger partial charge on any atom is 0.310 e. The number of carboxylic acid groups (broad SMARTS) is 1. The third-order valence-electron chi connectivity index (χ3n) is 2.21. The van der Waals surface area contributed by atoms with Crippen LogP contribution in [0.25, 0.3) is 0 Å². The van der Waals surface area contributed by atoms with Crippen molar-refractivity contribution in [3.8, 4) is 0 Å². The van der Waals surface area contributed by atoms with E-state index in [1.807, 2.05) is 44.2 Å². The van der Waals surface area contributed by atoms with Gasteiger partial charge in [-0.15, -0.1) is 0 Å². The third-order valence-corrected chi connectivity index (χ3v) is 2.21. The van der Waals surface area contributed by atoms with E-state index < -0.39 is 5.97 Å². The molecule has 0 bridgehead atoms. The van der Waals surface area contributed by atoms with Crippen LogP contribution in [0.15, 0.2) is 30.3 Å². The number of carbonyl (C=O) groups is 1. The summed E-state index contributed by atoms with van der Waals surface area (Å²) in [6.07, 6.45) is 0.694. The molecule has 0 saturated carbocycles. The van der Waals surface area contributed by atoms with Crippen molar-refractivity contribution in [1.29, 1.82) is 0 Å². The van der Waals surface area contributed by atoms with Crippen molar-refractivity contribution in [2.45, 2.75) is 26.2 Å². The fourth-order valence-corrected chi connectivity index (χ4v) is 1.54. The summed E-state index contributed by atoms with van der Waals surface area (Å²) in [5, 5.41) is 9.08. The first-order valence-electron chi connectivity index (χ1n) is 4.89. The summed E-state index contributed by atoms with van der Waals surface area (Å²) in [4.78, 5) is 11.0. The van der Waals surface area contributed by atoms with Gasteiger partial charge in [-0.2, -0.15) is 0 Å². The van der Waals surface area contributed by atoms with Crippen molar-refractivity contribution in [2.24, 2.45) is 5.92 Å². The molecule has 14 heavy (non-hydrogen) atoms. The zero-order chi connectivity index (χ0) is 10.6. The molecule has 0 amide bonds. The zero-order valence-corrected chi connectivity index (χ0v) is 8.60. The second kappa shape index (κ2) is 4.80. The van der Waals surface area contributed by atoms with E-state index >= 15 is 0 Å². The van der Waals surface area contributed by atoms with Crippen LogP contribution in [-0.4, -0.2) is 11.1 Å². The van der Waals surface area contributed by atoms with Crippen LogP contribution in [0, 0.1) is 5.92 Å². The maximum absolute atomic E-state index is 11.0. The molecule has 0 radical (unpaired) electrons. The second-order valence-electron chi connectivity index (χ2n) is 3.93. The predicted molar refractivity (Wildman–Crippen MR) is 56.3 cm³/mol. The van der Waals surface area contributed by atoms with Gasteiger partial charge in [-0.25, -0.2) is 0 Å². The molecule has 2 heteroatoms. The first-order chi connectivity index (χ1) is 6.61. The van der Waals surface area contributed by atoms with Crippen molar-refractivity contribution in [3.63, 3.8) is 0 Å². The van der Waals surface area contributed by atoms with E-state index in [1.165, 1.54) is 0 Å². The van der Waals surface area contributed by atoms with E-state index in [-0.39, 0.29) is 5.92 Å². The van der Waals surface area contributed by atoms with Crippen molar-refractivity contribution in [3.05, 3.63) is 35.9 Å². The van der Waals surface area contributed by atoms with Crippen LogP contribution in [-0.2, 0) is 4.79 Å². The molecule has 1 N–H and O–H groups in total. The Hall–Kier alpha value is -1.31. The number of aliphatic carboxylic acids is 1. The largest absolute Gasteiger partial charge is 0.481 e. The van der Waals surface area contributed by atoms with Gasteiger partial charge < -0.3 is 5.11 Å². The SMILES string of the molecule is CC(C)C[C@@H](C(=O)O)c1ccccc1. The summed E-state index contributed by atoms with van der Waals surface area (Å²) >= 11 is 0. The Balaban J connectivity index is 2.84. The standard InChI is InChI=1S/C12H16O2/c1-9(2)8-11(12(13)14)10-6-4-3-5-7-10/h3-7,9,11H,8H2,1-2H3,(H,13,14)/t11-/m1/s1. The maximum atomic E-state index is 11.0. The molecule has 0 fully saturated rings. The Morgan fingerprint density at radius 1 is 1.29 bits per heavy atom. The lowest BCUT2D eigenvalue weighted by Gasteiger charge is -2.14. The molecule has 2 nitrogen and oxygen atoms in total. The van der Waals surface area contributed by atoms with Gasteiger partial charge in [0, 0.05) is 0 Å². The average Bonchev–Trinajstić information content (AvgIpc) is 2.15. The van der Waals surface area contributed by atoms with Gasteiger partial charge in [0.15, 0.2) is 0 Å². The molecule has 0 unspecified atom stereocenters. The van der Waals surface area contributed by atoms with Gasteiger partial charge in [0.25, 0.3) is 0 Å². The molecule has 0 aromatic heterocycles. The quantitative estimate of drug-likeness (QED) is 0.796. The number of rotatable bonds is 4. The van der Waals surface area contributed by atoms with E-state index in [2.05, 4.69) is 0 Å². The molecule has 0 aliphatic rings. The van der Waals surface area contributed by atoms with E-state index in [4.69, 9.17) is 5.11 Å². The van der Waals surface area contributed by atoms with Gasteiger partial charge in [0.2, 0.25) is 0 Å². The van der Waals surface area contributed by atoms with Crippen LogP contribution < -0.4 is 0 Å². The van der Waals surface area contributed by atoms with Crippen molar-refractivity contribution < 1.29 is 9.90 Å². The smallest absolute Gasteiger partial charge is 0.310 e. The summed E-state index contributed by atoms with van der Waals surface area (Å²) in [6.45, 7) is 4.08. The van der Waals surface area contributed by atoms with E-state index in [0.29, 0.717) is 12.3 Å². The van der Waals surface area contributed by atoms with Gasteiger partial charge >= 0.3 is 5.97 Å². The number of hydrogen-bond acceptors (Lipinski definition) is 1. The number of hydrogen-bond donors (Lipinski definition) is 1. The van der Waals surface area contributed by atoms with Gasteiger partial charge in [-0.3, -0.25) is 4.79 Å². The van der Waals surface area contributed by atoms with Crippen LogP contribution in [0.5, 0.6) is 0 Å². The van der Waals surface area contributed by atoms with Gasteiger partial charge in [-0.05, 0) is 17.9 Å². The molecule has 0 aliphatic heterocycles. The molecule has 1 aromatic carbocycles. The van der Waals surface area contributed by atoms with Crippen molar-refractivity contribution in [1.82, 2.24) is 0 Å². The second-order valence-corrected chi connectivity index (χ2v) is 3.93. The summed E-state index contributed by atoms with van der Waals surface area (Å²) in [5.41, 5.74) is 0.897. The Morgan fingerprint density at radius 2 is 1.86 bits per heavy atom. The molecule has 1 atom stereocenters. The van der Waals surface area contributed by atoms with E-state index in [1.54, 1.807) is 0 Å². The van der Waals surface area contributed by atoms with Crippen molar-refractivity contribution in [2.75, 3.05) is 0 Å². The van der Waals surface area contributed by atoms with Crippen LogP contribution in [0.1, 0.15) is 31.7 Å². The third kappa shape index (κ3) is 2.87. The minimum Gasteiger partial charge on any atom is -0.481 e. The first kappa shape index (κ1) is 10.8. The normalized spacial score (nSPS) is 12.8. The minimum atomic E-state index is -0.732. The van der Waals surface area contributed by atoms with Gasteiger partial charge in [0.05, 0.1) is 5.92 Å². The molecule has 0 heterocycles. The van der Waals surface area contributed by atoms with Crippen LogP contribution in [0.2, 0.25) is 0 Å². The highest BCUT2D eigenvalue weighted by Crippen LogP contribution is 2.23. The van der Waals surface area contributed by atoms with E-state index in [0.717, 1.165) is 5.56 Å². The summed E-state index contributed by atoms with van der Waals surface area (Å²) in [7, 11) is 0. The average molecular weight is 192 g/mol. The first-order valence-corrected chi connectivity index (χ1v) is 4.89. The topological polar surface area (TPSA) is 37.3 Å². The number of carboxylic acids is 1. The Kier molecular flexibility index (Phi) is 3.69. The lowest BCUT2D eigenvalue weighted by molar-refractivity contribution is -0.139. The molecule has 1 aromatic rings. The molecule has 0 saturated heterocycles. The monoisotopic (exact) mass is 192 g/mol. The summed E-state index contributed by atoms with van der Waals surface area (Å²) in [6, 6.07) is 9.41. The van der Waals surface area contributed by atoms with Crippen LogP contribution in [0.3, 0.4) is 0 Å². The molecule has 0 aliphatic carbocycles. The minimum absolute atomic E-state index is 0.365. The van der Waals surface area contributed by atoms with Gasteiger partial charge in [-0.1, -0.05) is 44.2 Å². The molecule has 0 spiro atoms. The predicted octanol–water partition coefficient (Wildman–Crippen LogP) is 2.90. The zero-order valence-electron chi connectivity index (χ0n) is 8.60. The highest BCUT2D eigenvalue weighted by Gasteiger charge is 2.20. The van der Waals surface area contributed by atoms with Gasteiger partial charge in [0.1, 0.15) is 0 Å². The summed E-state index contributed by atoms with van der Waals surface area (Å²) in [5.74, 6) is -0.697. The fourth-order valence-electron chi connectivity index (χ4n) is 1.54.